The van der Waals surface area contributed by atoms with E-state index in [1.54, 1.807) is 4.90 Å². The van der Waals surface area contributed by atoms with Crippen LogP contribution in [0.15, 0.2) is 18.2 Å². The van der Waals surface area contributed by atoms with E-state index in [0.29, 0.717) is 26.2 Å². The van der Waals surface area contributed by atoms with E-state index < -0.39 is 23.0 Å². The maximum Gasteiger partial charge on any atom is 0.387 e. The molecule has 0 radical (unpaired) electrons. The van der Waals surface area contributed by atoms with Crippen LogP contribution in [-0.2, 0) is 9.59 Å². The van der Waals surface area contributed by atoms with Crippen molar-refractivity contribution in [1.82, 2.24) is 9.80 Å². The zero-order chi connectivity index (χ0) is 20.8. The first-order valence-corrected chi connectivity index (χ1v) is 8.26. The molecule has 2 amide bonds. The number of halogens is 2. The lowest BCUT2D eigenvalue weighted by molar-refractivity contribution is -0.385. The Kier molecular flexibility index (Phi) is 6.85. The number of methoxy groups -OCH3 is 1. The van der Waals surface area contributed by atoms with E-state index in [1.807, 2.05) is 0 Å². The highest BCUT2D eigenvalue weighted by Gasteiger charge is 2.23. The second-order valence-electron chi connectivity index (χ2n) is 5.86. The molecule has 0 atom stereocenters. The lowest BCUT2D eigenvalue weighted by Crippen LogP contribution is -2.49. The molecule has 2 rings (SSSR count). The van der Waals surface area contributed by atoms with Crippen molar-refractivity contribution in [3.63, 3.8) is 0 Å². The summed E-state index contributed by atoms with van der Waals surface area (Å²) >= 11 is 0. The number of nitrogens with zero attached hydrogens (tertiary/aromatic N) is 3. The minimum atomic E-state index is -3.18. The number of hydrogen-bond donors (Lipinski definition) is 0. The fourth-order valence-corrected chi connectivity index (χ4v) is 2.71. The minimum absolute atomic E-state index is 0.000752. The molecule has 0 saturated carbocycles. The van der Waals surface area contributed by atoms with Gasteiger partial charge >= 0.3 is 6.61 Å². The molecule has 9 nitrogen and oxygen atoms in total. The molecule has 1 aromatic rings. The predicted octanol–water partition coefficient (Wildman–Crippen LogP) is 1.91. The third kappa shape index (κ3) is 5.15. The molecule has 1 aromatic carbocycles. The van der Waals surface area contributed by atoms with Crippen LogP contribution in [0.5, 0.6) is 11.5 Å². The number of carbonyl (C=O) groups excluding carboxylic acids is 2. The summed E-state index contributed by atoms with van der Waals surface area (Å²) in [6.45, 7) is -0.230. The van der Waals surface area contributed by atoms with Gasteiger partial charge in [0.2, 0.25) is 11.8 Å². The molecular formula is C17H19F2N3O6. The first-order chi connectivity index (χ1) is 13.2. The van der Waals surface area contributed by atoms with Crippen LogP contribution in [0, 0.1) is 10.1 Å². The third-order valence-electron chi connectivity index (χ3n) is 4.17. The van der Waals surface area contributed by atoms with Crippen molar-refractivity contribution < 1.29 is 32.8 Å². The number of ether oxygens (including phenoxy) is 2. The van der Waals surface area contributed by atoms with Crippen molar-refractivity contribution >= 4 is 23.6 Å². The topological polar surface area (TPSA) is 102 Å². The predicted molar refractivity (Wildman–Crippen MR) is 94.1 cm³/mol. The summed E-state index contributed by atoms with van der Waals surface area (Å²) in [5.74, 6) is -1.07. The Morgan fingerprint density at radius 2 is 1.79 bits per heavy atom. The number of benzene rings is 1. The average Bonchev–Trinajstić information content (AvgIpc) is 2.65. The molecular weight excluding hydrogens is 380 g/mol. The number of carbonyl (C=O) groups is 2. The number of alkyl halides is 2. The Hall–Kier alpha value is -3.24. The van der Waals surface area contributed by atoms with Crippen molar-refractivity contribution in [3.05, 3.63) is 33.9 Å². The fraction of sp³-hybridized carbons (Fsp3) is 0.412. The number of piperazine rings is 1. The molecule has 1 fully saturated rings. The van der Waals surface area contributed by atoms with Crippen molar-refractivity contribution in [3.8, 4) is 11.5 Å². The lowest BCUT2D eigenvalue weighted by Gasteiger charge is -2.33. The molecule has 0 aromatic heterocycles. The summed E-state index contributed by atoms with van der Waals surface area (Å²) in [4.78, 5) is 37.2. The maximum atomic E-state index is 12.5. The number of rotatable bonds is 6. The van der Waals surface area contributed by atoms with Gasteiger partial charge in [0.05, 0.1) is 23.7 Å². The zero-order valence-electron chi connectivity index (χ0n) is 15.3. The summed E-state index contributed by atoms with van der Waals surface area (Å²) in [5, 5.41) is 11.3. The van der Waals surface area contributed by atoms with Gasteiger partial charge in [-0.05, 0) is 12.1 Å². The van der Waals surface area contributed by atoms with Gasteiger partial charge in [-0.25, -0.2) is 0 Å². The second kappa shape index (κ2) is 9.11. The van der Waals surface area contributed by atoms with E-state index in [4.69, 9.17) is 4.74 Å². The first-order valence-electron chi connectivity index (χ1n) is 8.26. The minimum Gasteiger partial charge on any atom is -0.493 e. The zero-order valence-corrected chi connectivity index (χ0v) is 15.3. The smallest absolute Gasteiger partial charge is 0.387 e. The Bertz CT molecular complexity index is 791. The van der Waals surface area contributed by atoms with Crippen LogP contribution >= 0.6 is 0 Å². The van der Waals surface area contributed by atoms with E-state index in [0.717, 1.165) is 18.2 Å². The van der Waals surface area contributed by atoms with Crippen molar-refractivity contribution in [2.24, 2.45) is 0 Å². The molecule has 1 heterocycles. The van der Waals surface area contributed by atoms with Crippen LogP contribution in [0.2, 0.25) is 0 Å². The van der Waals surface area contributed by atoms with Crippen LogP contribution in [0.4, 0.5) is 14.5 Å². The first kappa shape index (κ1) is 21.1. The van der Waals surface area contributed by atoms with Gasteiger partial charge in [0, 0.05) is 39.2 Å². The molecule has 28 heavy (non-hydrogen) atoms. The Labute approximate surface area is 159 Å². The quantitative estimate of drug-likeness (QED) is 0.411. The summed E-state index contributed by atoms with van der Waals surface area (Å²) < 4.78 is 34.1. The summed E-state index contributed by atoms with van der Waals surface area (Å²) in [5.41, 5.74) is -0.513. The van der Waals surface area contributed by atoms with Gasteiger partial charge < -0.3 is 19.3 Å². The van der Waals surface area contributed by atoms with E-state index in [1.165, 1.54) is 25.0 Å². The highest BCUT2D eigenvalue weighted by atomic mass is 19.3. The van der Waals surface area contributed by atoms with Gasteiger partial charge in [-0.2, -0.15) is 8.78 Å². The van der Waals surface area contributed by atoms with Gasteiger partial charge in [0.1, 0.15) is 0 Å². The highest BCUT2D eigenvalue weighted by molar-refractivity contribution is 5.92. The molecule has 0 unspecified atom stereocenters. The van der Waals surface area contributed by atoms with E-state index in [2.05, 4.69) is 4.74 Å². The third-order valence-corrected chi connectivity index (χ3v) is 4.17. The van der Waals surface area contributed by atoms with Crippen molar-refractivity contribution in [2.75, 3.05) is 33.3 Å². The molecule has 152 valence electrons. The fourth-order valence-electron chi connectivity index (χ4n) is 2.71. The summed E-state index contributed by atoms with van der Waals surface area (Å²) in [6, 6.07) is 1.97. The highest BCUT2D eigenvalue weighted by Crippen LogP contribution is 2.36. The van der Waals surface area contributed by atoms with Crippen LogP contribution in [0.25, 0.3) is 6.08 Å². The molecule has 11 heteroatoms. The van der Waals surface area contributed by atoms with Gasteiger partial charge in [-0.1, -0.05) is 0 Å². The molecule has 0 spiro atoms. The number of hydrogen-bond acceptors (Lipinski definition) is 6. The van der Waals surface area contributed by atoms with Crippen molar-refractivity contribution in [1.29, 1.82) is 0 Å². The Balaban J connectivity index is 2.21. The normalized spacial score (nSPS) is 14.5. The average molecular weight is 399 g/mol. The van der Waals surface area contributed by atoms with Crippen LogP contribution in [0.1, 0.15) is 12.5 Å². The Morgan fingerprint density at radius 3 is 2.29 bits per heavy atom. The molecule has 1 saturated heterocycles. The lowest BCUT2D eigenvalue weighted by atomic mass is 10.1. The van der Waals surface area contributed by atoms with Gasteiger partial charge in [0.25, 0.3) is 5.69 Å². The maximum absolute atomic E-state index is 12.5. The standard InChI is InChI=1S/C17H19F2N3O6/c1-11(23)20-5-7-21(8-6-20)16(24)4-3-12-9-14(27-2)15(28-17(18)19)10-13(12)22(25)26/h3-4,9-10,17H,5-8H2,1-2H3. The number of nitro groups is 1. The van der Waals surface area contributed by atoms with E-state index in [-0.39, 0.29) is 23.1 Å². The van der Waals surface area contributed by atoms with Gasteiger partial charge in [-0.3, -0.25) is 19.7 Å². The summed E-state index contributed by atoms with van der Waals surface area (Å²) in [6.07, 6.45) is 2.37. The van der Waals surface area contributed by atoms with Gasteiger partial charge in [0.15, 0.2) is 11.5 Å². The molecule has 0 N–H and O–H groups in total. The molecule has 0 bridgehead atoms. The van der Waals surface area contributed by atoms with E-state index >= 15 is 0 Å². The van der Waals surface area contributed by atoms with Gasteiger partial charge in [-0.15, -0.1) is 0 Å². The largest absolute Gasteiger partial charge is 0.493 e. The van der Waals surface area contributed by atoms with Crippen molar-refractivity contribution in [2.45, 2.75) is 13.5 Å². The monoisotopic (exact) mass is 399 g/mol. The van der Waals surface area contributed by atoms with Crippen LogP contribution in [0.3, 0.4) is 0 Å². The molecule has 1 aliphatic rings. The van der Waals surface area contributed by atoms with E-state index in [9.17, 15) is 28.5 Å². The second-order valence-corrected chi connectivity index (χ2v) is 5.86. The summed E-state index contributed by atoms with van der Waals surface area (Å²) in [7, 11) is 1.20. The number of amides is 2. The molecule has 1 aliphatic heterocycles. The Morgan fingerprint density at radius 1 is 1.18 bits per heavy atom. The SMILES string of the molecule is COc1cc(C=CC(=O)N2CCN(C(C)=O)CC2)c([N+](=O)[O-])cc1OC(F)F. The van der Waals surface area contributed by atoms with Crippen LogP contribution < -0.4 is 9.47 Å². The van der Waals surface area contributed by atoms with Crippen LogP contribution in [-0.4, -0.2) is 66.4 Å². The number of nitro benzene ring substituents is 1. The molecule has 0 aliphatic carbocycles.